The standard InChI is InChI=1S/C21H26N2O3.C13H10/c1-25-15-19-14-23(13-12-22-19)20(24)16-26-21(17-8-4-2-5-9-17)18-10-6-3-7-11-18;1-2-4-10(5-3-1)13-11-6-7-12(13)9-8-11/h2-11,19,21-22H,12-16H2,1H3;1-9,13H. The maximum absolute atomic E-state index is 12.6. The van der Waals surface area contributed by atoms with Gasteiger partial charge in [0.2, 0.25) is 5.91 Å². The summed E-state index contributed by atoms with van der Waals surface area (Å²) in [4.78, 5) is 14.5. The second-order valence-corrected chi connectivity index (χ2v) is 9.97. The average Bonchev–Trinajstić information content (AvgIpc) is 3.60. The first-order valence-corrected chi connectivity index (χ1v) is 13.6. The number of carbonyl (C=O) groups excluding carboxylic acids is 1. The SMILES string of the molecule is C1=CC2=CC=C1C2c1ccccc1.COCC1CN(C(=O)COC(c2ccccc2)c2ccccc2)CCN1. The number of piperazine rings is 1. The van der Waals surface area contributed by atoms with Crippen molar-refractivity contribution in [3.63, 3.8) is 0 Å². The Labute approximate surface area is 231 Å². The van der Waals surface area contributed by atoms with Gasteiger partial charge in [0.1, 0.15) is 12.7 Å². The van der Waals surface area contributed by atoms with Gasteiger partial charge in [0.25, 0.3) is 0 Å². The Hall–Kier alpha value is -3.77. The molecular formula is C34H36N2O3. The minimum Gasteiger partial charge on any atom is -0.383 e. The maximum atomic E-state index is 12.6. The molecule has 1 heterocycles. The van der Waals surface area contributed by atoms with E-state index in [0.717, 1.165) is 17.7 Å². The van der Waals surface area contributed by atoms with Gasteiger partial charge in [-0.1, -0.05) is 115 Å². The third kappa shape index (κ3) is 6.82. The fourth-order valence-electron chi connectivity index (χ4n) is 5.36. The molecule has 0 spiro atoms. The quantitative estimate of drug-likeness (QED) is 0.429. The fourth-order valence-corrected chi connectivity index (χ4v) is 5.36. The van der Waals surface area contributed by atoms with Crippen molar-refractivity contribution in [3.05, 3.63) is 143 Å². The number of nitrogens with zero attached hydrogens (tertiary/aromatic N) is 1. The summed E-state index contributed by atoms with van der Waals surface area (Å²) in [6.45, 7) is 2.79. The second-order valence-electron chi connectivity index (χ2n) is 9.97. The zero-order valence-corrected chi connectivity index (χ0v) is 22.4. The molecule has 39 heavy (non-hydrogen) atoms. The highest BCUT2D eigenvalue weighted by Gasteiger charge is 2.26. The Morgan fingerprint density at radius 3 is 1.97 bits per heavy atom. The molecule has 1 unspecified atom stereocenters. The molecule has 1 aliphatic heterocycles. The van der Waals surface area contributed by atoms with E-state index in [1.807, 2.05) is 65.6 Å². The lowest BCUT2D eigenvalue weighted by atomic mass is 9.93. The van der Waals surface area contributed by atoms with Gasteiger partial charge in [-0.25, -0.2) is 0 Å². The third-order valence-electron chi connectivity index (χ3n) is 7.29. The Morgan fingerprint density at radius 2 is 1.44 bits per heavy atom. The zero-order valence-electron chi connectivity index (χ0n) is 22.4. The van der Waals surface area contributed by atoms with Gasteiger partial charge in [0, 0.05) is 38.7 Å². The third-order valence-corrected chi connectivity index (χ3v) is 7.29. The van der Waals surface area contributed by atoms with Gasteiger partial charge in [-0.3, -0.25) is 4.79 Å². The van der Waals surface area contributed by atoms with Crippen LogP contribution in [0, 0.1) is 0 Å². The molecule has 0 saturated carbocycles. The topological polar surface area (TPSA) is 50.8 Å². The molecule has 0 radical (unpaired) electrons. The van der Waals surface area contributed by atoms with Gasteiger partial charge < -0.3 is 19.7 Å². The number of amides is 1. The Kier molecular flexibility index (Phi) is 9.17. The molecule has 0 aromatic heterocycles. The molecule has 1 N–H and O–H groups in total. The van der Waals surface area contributed by atoms with E-state index in [4.69, 9.17) is 9.47 Å². The van der Waals surface area contributed by atoms with Crippen LogP contribution in [0.1, 0.15) is 28.7 Å². The first kappa shape index (κ1) is 26.8. The van der Waals surface area contributed by atoms with Crippen molar-refractivity contribution >= 4 is 5.91 Å². The Morgan fingerprint density at radius 1 is 0.872 bits per heavy atom. The molecule has 1 saturated heterocycles. The first-order valence-electron chi connectivity index (χ1n) is 13.6. The van der Waals surface area contributed by atoms with Crippen molar-refractivity contribution in [2.24, 2.45) is 0 Å². The lowest BCUT2D eigenvalue weighted by Gasteiger charge is -2.33. The van der Waals surface area contributed by atoms with Gasteiger partial charge in [-0.2, -0.15) is 0 Å². The first-order chi connectivity index (χ1) is 19.2. The van der Waals surface area contributed by atoms with Gasteiger partial charge in [0.05, 0.1) is 6.61 Å². The minimum absolute atomic E-state index is 0.0180. The lowest BCUT2D eigenvalue weighted by Crippen LogP contribution is -2.55. The van der Waals surface area contributed by atoms with E-state index >= 15 is 0 Å². The number of nitrogens with one attached hydrogen (secondary N) is 1. The smallest absolute Gasteiger partial charge is 0.248 e. The van der Waals surface area contributed by atoms with Crippen molar-refractivity contribution in [1.82, 2.24) is 10.2 Å². The molecule has 6 rings (SSSR count). The van der Waals surface area contributed by atoms with Gasteiger partial charge in [0.15, 0.2) is 0 Å². The van der Waals surface area contributed by atoms with Crippen LogP contribution >= 0.6 is 0 Å². The number of carbonyl (C=O) groups is 1. The molecule has 5 nitrogen and oxygen atoms in total. The van der Waals surface area contributed by atoms with Crippen molar-refractivity contribution in [2.75, 3.05) is 40.0 Å². The van der Waals surface area contributed by atoms with Crippen LogP contribution < -0.4 is 5.32 Å². The highest BCUT2D eigenvalue weighted by atomic mass is 16.5. The summed E-state index contributed by atoms with van der Waals surface area (Å²) in [6.07, 6.45) is 8.61. The molecule has 3 aromatic carbocycles. The largest absolute Gasteiger partial charge is 0.383 e. The summed E-state index contributed by atoms with van der Waals surface area (Å²) in [5.74, 6) is 0.547. The van der Waals surface area contributed by atoms with E-state index in [-0.39, 0.29) is 24.7 Å². The molecular weight excluding hydrogens is 484 g/mol. The van der Waals surface area contributed by atoms with E-state index in [1.54, 1.807) is 7.11 Å². The average molecular weight is 521 g/mol. The number of hydrogen-bond donors (Lipinski definition) is 1. The van der Waals surface area contributed by atoms with E-state index < -0.39 is 0 Å². The fraction of sp³-hybridized carbons (Fsp3) is 0.265. The highest BCUT2D eigenvalue weighted by molar-refractivity contribution is 5.77. The van der Waals surface area contributed by atoms with Crippen molar-refractivity contribution in [1.29, 1.82) is 0 Å². The lowest BCUT2D eigenvalue weighted by molar-refractivity contribution is -0.139. The number of ether oxygens (including phenoxy) is 2. The Bertz CT molecular complexity index is 1240. The number of rotatable bonds is 8. The minimum atomic E-state index is -0.251. The summed E-state index contributed by atoms with van der Waals surface area (Å²) < 4.78 is 11.3. The number of hydrogen-bond acceptors (Lipinski definition) is 4. The van der Waals surface area contributed by atoms with E-state index in [0.29, 0.717) is 25.6 Å². The van der Waals surface area contributed by atoms with Gasteiger partial charge >= 0.3 is 0 Å². The zero-order chi connectivity index (χ0) is 26.9. The summed E-state index contributed by atoms with van der Waals surface area (Å²) in [7, 11) is 1.68. The molecule has 200 valence electrons. The van der Waals surface area contributed by atoms with Crippen LogP contribution in [-0.2, 0) is 14.3 Å². The van der Waals surface area contributed by atoms with Gasteiger partial charge in [-0.15, -0.1) is 0 Å². The monoisotopic (exact) mass is 520 g/mol. The van der Waals surface area contributed by atoms with Crippen LogP contribution in [0.5, 0.6) is 0 Å². The number of methoxy groups -OCH3 is 1. The maximum Gasteiger partial charge on any atom is 0.248 e. The van der Waals surface area contributed by atoms with Gasteiger partial charge in [-0.05, 0) is 27.8 Å². The van der Waals surface area contributed by atoms with Crippen molar-refractivity contribution in [2.45, 2.75) is 18.1 Å². The predicted molar refractivity (Wildman–Crippen MR) is 155 cm³/mol. The Balaban J connectivity index is 0.000000196. The van der Waals surface area contributed by atoms with Crippen LogP contribution in [-0.4, -0.2) is 56.8 Å². The molecule has 3 aliphatic rings. The highest BCUT2D eigenvalue weighted by Crippen LogP contribution is 2.42. The number of allylic oxidation sites excluding steroid dienone is 6. The number of fused-ring (bicyclic) bond motifs is 2. The molecule has 1 fully saturated rings. The van der Waals surface area contributed by atoms with Crippen molar-refractivity contribution in [3.8, 4) is 0 Å². The van der Waals surface area contributed by atoms with E-state index in [9.17, 15) is 4.79 Å². The van der Waals surface area contributed by atoms with Crippen LogP contribution in [0.15, 0.2) is 126 Å². The second kappa shape index (κ2) is 13.3. The van der Waals surface area contributed by atoms with E-state index in [2.05, 4.69) is 60.0 Å². The van der Waals surface area contributed by atoms with Crippen LogP contribution in [0.2, 0.25) is 0 Å². The molecule has 2 bridgehead atoms. The summed E-state index contributed by atoms with van der Waals surface area (Å²) >= 11 is 0. The van der Waals surface area contributed by atoms with Crippen LogP contribution in [0.3, 0.4) is 0 Å². The predicted octanol–water partition coefficient (Wildman–Crippen LogP) is 5.45. The van der Waals surface area contributed by atoms with Crippen LogP contribution in [0.4, 0.5) is 0 Å². The van der Waals surface area contributed by atoms with Crippen LogP contribution in [0.25, 0.3) is 0 Å². The summed E-state index contributed by atoms with van der Waals surface area (Å²) in [5.41, 5.74) is 6.36. The number of benzene rings is 3. The molecule has 3 aromatic rings. The molecule has 2 aliphatic carbocycles. The molecule has 5 heteroatoms. The molecule has 1 atom stereocenters. The summed E-state index contributed by atoms with van der Waals surface area (Å²) in [5, 5.41) is 3.36. The normalized spacial score (nSPS) is 18.0. The van der Waals surface area contributed by atoms with E-state index in [1.165, 1.54) is 16.7 Å². The van der Waals surface area contributed by atoms with Crippen molar-refractivity contribution < 1.29 is 14.3 Å². The molecule has 1 amide bonds. The summed E-state index contributed by atoms with van der Waals surface area (Å²) in [6, 6.07) is 30.9.